The fourth-order valence-corrected chi connectivity index (χ4v) is 3.26. The van der Waals surface area contributed by atoms with E-state index >= 15 is 0 Å². The molecule has 30 heavy (non-hydrogen) atoms. The van der Waals surface area contributed by atoms with Gasteiger partial charge in [0.2, 0.25) is 0 Å². The second-order valence-electron chi connectivity index (χ2n) is 6.30. The van der Waals surface area contributed by atoms with Gasteiger partial charge in [0.15, 0.2) is 5.16 Å². The lowest BCUT2D eigenvalue weighted by atomic mass is 10.1. The van der Waals surface area contributed by atoms with Crippen molar-refractivity contribution in [3.05, 3.63) is 65.2 Å². The average Bonchev–Trinajstić information content (AvgIpc) is 3.14. The van der Waals surface area contributed by atoms with Crippen molar-refractivity contribution in [1.82, 2.24) is 15.4 Å². The van der Waals surface area contributed by atoms with Crippen LogP contribution >= 0.6 is 11.8 Å². The summed E-state index contributed by atoms with van der Waals surface area (Å²) in [6.45, 7) is 3.69. The Kier molecular flexibility index (Phi) is 6.56. The molecule has 2 aromatic heterocycles. The highest BCUT2D eigenvalue weighted by atomic mass is 32.2. The van der Waals surface area contributed by atoms with E-state index in [1.807, 2.05) is 19.9 Å². The number of thioether (sulfide) groups is 1. The Hall–Kier alpha value is -3.14. The second-order valence-corrected chi connectivity index (χ2v) is 7.24. The van der Waals surface area contributed by atoms with Crippen LogP contribution in [0.15, 0.2) is 57.1 Å². The van der Waals surface area contributed by atoms with E-state index < -0.39 is 11.7 Å². The van der Waals surface area contributed by atoms with E-state index in [9.17, 15) is 18.0 Å². The molecular weight excluding hydrogens is 417 g/mol. The van der Waals surface area contributed by atoms with Crippen LogP contribution in [0.25, 0.3) is 11.3 Å². The van der Waals surface area contributed by atoms with Gasteiger partial charge in [0, 0.05) is 17.0 Å². The molecule has 1 amide bonds. The number of rotatable bonds is 6. The Morgan fingerprint density at radius 3 is 2.60 bits per heavy atom. The summed E-state index contributed by atoms with van der Waals surface area (Å²) in [4.78, 5) is 20.4. The van der Waals surface area contributed by atoms with Gasteiger partial charge in [-0.2, -0.15) is 18.3 Å². The number of amides is 1. The normalized spacial score (nSPS) is 11.8. The smallest absolute Gasteiger partial charge is 0.416 e. The van der Waals surface area contributed by atoms with E-state index in [0.29, 0.717) is 10.7 Å². The van der Waals surface area contributed by atoms with Crippen LogP contribution in [0.3, 0.4) is 0 Å². The van der Waals surface area contributed by atoms with Gasteiger partial charge >= 0.3 is 6.18 Å². The number of nitrogens with one attached hydrogen (secondary N) is 1. The minimum Gasteiger partial charge on any atom is -0.455 e. The van der Waals surface area contributed by atoms with Crippen LogP contribution < -0.4 is 5.43 Å². The van der Waals surface area contributed by atoms with Crippen LogP contribution in [0, 0.1) is 13.8 Å². The maximum atomic E-state index is 12.8. The number of alkyl halides is 3. The van der Waals surface area contributed by atoms with Crippen LogP contribution in [0.4, 0.5) is 13.2 Å². The zero-order valence-electron chi connectivity index (χ0n) is 16.0. The van der Waals surface area contributed by atoms with Crippen LogP contribution in [-0.2, 0) is 11.0 Å². The summed E-state index contributed by atoms with van der Waals surface area (Å²) in [5, 5.41) is 4.30. The minimum atomic E-state index is -4.43. The monoisotopic (exact) mass is 434 g/mol. The molecule has 0 aliphatic heterocycles. The van der Waals surface area contributed by atoms with Crippen molar-refractivity contribution in [3.8, 4) is 11.3 Å². The van der Waals surface area contributed by atoms with Gasteiger partial charge in [0.05, 0.1) is 17.5 Å². The van der Waals surface area contributed by atoms with Crippen molar-refractivity contribution < 1.29 is 22.4 Å². The molecule has 0 atom stereocenters. The number of nitrogens with zero attached hydrogens (tertiary/aromatic N) is 3. The number of aromatic nitrogens is 2. The van der Waals surface area contributed by atoms with Crippen LogP contribution in [0.5, 0.6) is 0 Å². The molecule has 0 spiro atoms. The molecule has 1 N–H and O–H groups in total. The van der Waals surface area contributed by atoms with Crippen molar-refractivity contribution in [2.45, 2.75) is 25.2 Å². The average molecular weight is 434 g/mol. The first-order chi connectivity index (χ1) is 14.2. The number of carbonyl (C=O) groups is 1. The predicted octanol–water partition coefficient (Wildman–Crippen LogP) is 4.61. The molecule has 0 aliphatic rings. The lowest BCUT2D eigenvalue weighted by Crippen LogP contribution is -2.19. The molecule has 0 aliphatic carbocycles. The third kappa shape index (κ3) is 5.93. The molecule has 0 bridgehead atoms. The first kappa shape index (κ1) is 21.6. The fourth-order valence-electron chi connectivity index (χ4n) is 2.51. The number of benzene rings is 1. The highest BCUT2D eigenvalue weighted by Gasteiger charge is 2.30. The maximum Gasteiger partial charge on any atom is 0.416 e. The molecule has 10 heteroatoms. The summed E-state index contributed by atoms with van der Waals surface area (Å²) in [6.07, 6.45) is -3.16. The van der Waals surface area contributed by atoms with Crippen LogP contribution in [0.1, 0.15) is 22.7 Å². The van der Waals surface area contributed by atoms with Crippen molar-refractivity contribution in [2.75, 3.05) is 5.75 Å². The van der Waals surface area contributed by atoms with Gasteiger partial charge in [-0.05, 0) is 44.2 Å². The summed E-state index contributed by atoms with van der Waals surface area (Å²) < 4.78 is 44.0. The lowest BCUT2D eigenvalue weighted by molar-refractivity contribution is -0.137. The van der Waals surface area contributed by atoms with Gasteiger partial charge in [-0.3, -0.25) is 4.79 Å². The standard InChI is InChI=1S/C20H17F3N4O2S/c1-12-8-13(2)26-19(25-12)30-11-18(28)27-24-10-16-6-7-17(29-16)14-4-3-5-15(9-14)20(21,22)23/h3-10H,11H2,1-2H3,(H,27,28)/b24-10-. The van der Waals surface area contributed by atoms with E-state index in [0.717, 1.165) is 23.5 Å². The third-order valence-corrected chi connectivity index (χ3v) is 4.62. The molecule has 1 aromatic carbocycles. The lowest BCUT2D eigenvalue weighted by Gasteiger charge is -2.07. The Morgan fingerprint density at radius 2 is 1.90 bits per heavy atom. The molecule has 3 rings (SSSR count). The third-order valence-electron chi connectivity index (χ3n) is 3.78. The fraction of sp³-hybridized carbons (Fsp3) is 0.200. The molecule has 6 nitrogen and oxygen atoms in total. The number of carbonyl (C=O) groups excluding carboxylic acids is 1. The van der Waals surface area contributed by atoms with Gasteiger partial charge < -0.3 is 4.42 Å². The first-order valence-corrected chi connectivity index (χ1v) is 9.74. The van der Waals surface area contributed by atoms with Gasteiger partial charge in [-0.25, -0.2) is 15.4 Å². The SMILES string of the molecule is Cc1cc(C)nc(SCC(=O)N/N=C\c2ccc(-c3cccc(C(F)(F)F)c3)o2)n1. The maximum absolute atomic E-state index is 12.8. The summed E-state index contributed by atoms with van der Waals surface area (Å²) in [5.41, 5.74) is 3.52. The summed E-state index contributed by atoms with van der Waals surface area (Å²) in [7, 11) is 0. The largest absolute Gasteiger partial charge is 0.455 e. The number of hydrazone groups is 1. The molecule has 0 saturated heterocycles. The summed E-state index contributed by atoms with van der Waals surface area (Å²) in [6, 6.07) is 9.74. The van der Waals surface area contributed by atoms with Crippen molar-refractivity contribution in [2.24, 2.45) is 5.10 Å². The quantitative estimate of drug-likeness (QED) is 0.265. The second kappa shape index (κ2) is 9.12. The topological polar surface area (TPSA) is 80.4 Å². The molecule has 0 unspecified atom stereocenters. The molecular formula is C20H17F3N4O2S. The van der Waals surface area contributed by atoms with E-state index in [-0.39, 0.29) is 23.2 Å². The molecule has 156 valence electrons. The number of hydrogen-bond donors (Lipinski definition) is 1. The zero-order valence-corrected chi connectivity index (χ0v) is 16.8. The van der Waals surface area contributed by atoms with E-state index in [2.05, 4.69) is 20.5 Å². The zero-order chi connectivity index (χ0) is 21.7. The summed E-state index contributed by atoms with van der Waals surface area (Å²) >= 11 is 1.18. The van der Waals surface area contributed by atoms with E-state index in [1.165, 1.54) is 36.2 Å². The summed E-state index contributed by atoms with van der Waals surface area (Å²) in [5.74, 6) is 0.265. The predicted molar refractivity (Wildman–Crippen MR) is 107 cm³/mol. The van der Waals surface area contributed by atoms with Gasteiger partial charge in [-0.1, -0.05) is 23.9 Å². The minimum absolute atomic E-state index is 0.0773. The molecule has 0 fully saturated rings. The number of hydrogen-bond acceptors (Lipinski definition) is 6. The van der Waals surface area contributed by atoms with Crippen LogP contribution in [-0.4, -0.2) is 27.8 Å². The van der Waals surface area contributed by atoms with E-state index in [1.54, 1.807) is 6.07 Å². The van der Waals surface area contributed by atoms with Crippen molar-refractivity contribution in [3.63, 3.8) is 0 Å². The number of furan rings is 1. The first-order valence-electron chi connectivity index (χ1n) is 8.75. The van der Waals surface area contributed by atoms with Crippen molar-refractivity contribution in [1.29, 1.82) is 0 Å². The van der Waals surface area contributed by atoms with E-state index in [4.69, 9.17) is 4.42 Å². The van der Waals surface area contributed by atoms with Crippen LogP contribution in [0.2, 0.25) is 0 Å². The highest BCUT2D eigenvalue weighted by molar-refractivity contribution is 7.99. The van der Waals surface area contributed by atoms with Gasteiger partial charge in [0.1, 0.15) is 11.5 Å². The van der Waals surface area contributed by atoms with Crippen molar-refractivity contribution >= 4 is 23.9 Å². The molecule has 0 radical (unpaired) electrons. The number of halogens is 3. The Labute approximate surface area is 174 Å². The Balaban J connectivity index is 1.56. The Morgan fingerprint density at radius 1 is 1.17 bits per heavy atom. The van der Waals surface area contributed by atoms with Gasteiger partial charge in [-0.15, -0.1) is 0 Å². The molecule has 0 saturated carbocycles. The Bertz CT molecular complexity index is 1060. The molecule has 2 heterocycles. The van der Waals surface area contributed by atoms with Gasteiger partial charge in [0.25, 0.3) is 5.91 Å². The highest BCUT2D eigenvalue weighted by Crippen LogP contribution is 2.32. The molecule has 3 aromatic rings. The number of aryl methyl sites for hydroxylation is 2.